The maximum absolute atomic E-state index is 14.0. The van der Waals surface area contributed by atoms with Crippen LogP contribution in [-0.4, -0.2) is 98.2 Å². The van der Waals surface area contributed by atoms with Gasteiger partial charge in [0.15, 0.2) is 10.1 Å². The lowest BCUT2D eigenvalue weighted by Crippen LogP contribution is -2.36. The van der Waals surface area contributed by atoms with E-state index in [1.807, 2.05) is 20.8 Å². The molecule has 0 radical (unpaired) electrons. The smallest absolute Gasteiger partial charge is 0.407 e. The molecule has 344 valence electrons. The summed E-state index contributed by atoms with van der Waals surface area (Å²) in [6.45, 7) is 9.66. The second kappa shape index (κ2) is 21.5. The number of carboxylic acids is 2. The highest BCUT2D eigenvalue weighted by Crippen LogP contribution is 2.28. The molecular formula is C43H46F2N8O10S2. The summed E-state index contributed by atoms with van der Waals surface area (Å²) in [6.07, 6.45) is 5.42. The molecule has 6 aromatic rings. The molecule has 6 rings (SSSR count). The third-order valence-electron chi connectivity index (χ3n) is 8.71. The molecule has 0 aliphatic heterocycles. The lowest BCUT2D eigenvalue weighted by molar-refractivity contribution is -0.134. The standard InChI is InChI=1S/C22H25FN4O4S.C17H17FN4O2S.C4H4O4/c1-15-7-8-16(23)10-19(15)27-20(32(30,31)18-6-5-9-24-12-18)11-17(25-27)13-26(21(28)29)14-22(2,3)4;1-12-5-6-13(18)8-16(12)22-17(9-14(21-22)10-19-2)25(23,24)15-4-3-7-20-11-15;5-3(6)1-2-4(7)8/h5-12H,13-14H2,1-4H3,(H,28,29);3-9,11,19H,10H2,1-2H3;1-2H,(H,5,6)(H,7,8). The van der Waals surface area contributed by atoms with Crippen molar-refractivity contribution in [3.05, 3.63) is 144 Å². The van der Waals surface area contributed by atoms with E-state index in [1.165, 1.54) is 95.0 Å². The number of hydrogen-bond donors (Lipinski definition) is 4. The van der Waals surface area contributed by atoms with Crippen LogP contribution in [0.25, 0.3) is 11.4 Å². The first kappa shape index (κ1) is 50.5. The summed E-state index contributed by atoms with van der Waals surface area (Å²) in [5.74, 6) is -3.52. The summed E-state index contributed by atoms with van der Waals surface area (Å²) in [5.41, 5.74) is 2.39. The predicted molar refractivity (Wildman–Crippen MR) is 231 cm³/mol. The molecule has 65 heavy (non-hydrogen) atoms. The number of benzene rings is 2. The number of aryl methyl sites for hydroxylation is 2. The van der Waals surface area contributed by atoms with Crippen LogP contribution in [0, 0.1) is 30.9 Å². The SMILES string of the molecule is CNCc1cc(S(=O)(=O)c2cccnc2)n(-c2cc(F)ccc2C)n1.Cc1ccc(F)cc1-n1nc(CN(CC(C)(C)C)C(=O)O)cc1S(=O)(=O)c1cccnc1.O=C(O)C=CC(=O)O. The van der Waals surface area contributed by atoms with Gasteiger partial charge >= 0.3 is 18.0 Å². The second-order valence-corrected chi connectivity index (χ2v) is 19.0. The molecular weight excluding hydrogens is 891 g/mol. The molecule has 0 atom stereocenters. The number of nitrogens with one attached hydrogen (secondary N) is 1. The minimum atomic E-state index is -4.07. The first-order valence-corrected chi connectivity index (χ1v) is 22.2. The molecule has 1 amide bonds. The Morgan fingerprint density at radius 1 is 0.708 bits per heavy atom. The molecule has 22 heteroatoms. The van der Waals surface area contributed by atoms with Crippen LogP contribution >= 0.6 is 0 Å². The van der Waals surface area contributed by atoms with Crippen molar-refractivity contribution >= 4 is 37.7 Å². The Morgan fingerprint density at radius 2 is 1.14 bits per heavy atom. The summed E-state index contributed by atoms with van der Waals surface area (Å²) in [7, 11) is -6.19. The number of hydrogen-bond acceptors (Lipinski definition) is 12. The first-order valence-electron chi connectivity index (χ1n) is 19.2. The molecule has 4 aromatic heterocycles. The van der Waals surface area contributed by atoms with Gasteiger partial charge in [-0.15, -0.1) is 0 Å². The fourth-order valence-corrected chi connectivity index (χ4v) is 8.58. The average Bonchev–Trinajstić information content (AvgIpc) is 3.88. The highest BCUT2D eigenvalue weighted by molar-refractivity contribution is 7.91. The molecule has 18 nitrogen and oxygen atoms in total. The van der Waals surface area contributed by atoms with Crippen molar-refractivity contribution in [2.45, 2.75) is 67.6 Å². The fraction of sp³-hybridized carbons (Fsp3) is 0.233. The Labute approximate surface area is 373 Å². The highest BCUT2D eigenvalue weighted by Gasteiger charge is 2.29. The van der Waals surface area contributed by atoms with Gasteiger partial charge in [-0.1, -0.05) is 32.9 Å². The minimum absolute atomic E-state index is 0.0283. The van der Waals surface area contributed by atoms with Gasteiger partial charge in [-0.3, -0.25) is 9.97 Å². The van der Waals surface area contributed by atoms with Gasteiger partial charge in [0.05, 0.1) is 39.1 Å². The number of aliphatic carboxylic acids is 2. The highest BCUT2D eigenvalue weighted by atomic mass is 32.2. The van der Waals surface area contributed by atoms with E-state index >= 15 is 0 Å². The summed E-state index contributed by atoms with van der Waals surface area (Å²) in [4.78, 5) is 39.8. The van der Waals surface area contributed by atoms with Crippen molar-refractivity contribution in [2.24, 2.45) is 5.41 Å². The second-order valence-electron chi connectivity index (χ2n) is 15.3. The Kier molecular flexibility index (Phi) is 16.7. The summed E-state index contributed by atoms with van der Waals surface area (Å²) >= 11 is 0. The maximum Gasteiger partial charge on any atom is 0.407 e. The molecule has 2 aromatic carbocycles. The van der Waals surface area contributed by atoms with Crippen LogP contribution in [0.2, 0.25) is 0 Å². The zero-order valence-electron chi connectivity index (χ0n) is 35.9. The van der Waals surface area contributed by atoms with Gasteiger partial charge in [-0.05, 0) is 86.0 Å². The summed E-state index contributed by atoms with van der Waals surface area (Å²) in [5, 5.41) is 36.7. The molecule has 0 aliphatic carbocycles. The van der Waals surface area contributed by atoms with Crippen molar-refractivity contribution in [1.29, 1.82) is 0 Å². The third kappa shape index (κ3) is 13.7. The van der Waals surface area contributed by atoms with Crippen molar-refractivity contribution in [2.75, 3.05) is 13.6 Å². The molecule has 0 saturated carbocycles. The number of halogens is 2. The predicted octanol–water partition coefficient (Wildman–Crippen LogP) is 6.05. The van der Waals surface area contributed by atoms with E-state index in [-0.39, 0.29) is 49.7 Å². The van der Waals surface area contributed by atoms with Crippen LogP contribution in [0.5, 0.6) is 0 Å². The number of sulfone groups is 2. The average molecular weight is 937 g/mol. The van der Waals surface area contributed by atoms with Crippen molar-refractivity contribution in [3.8, 4) is 11.4 Å². The molecule has 0 bridgehead atoms. The largest absolute Gasteiger partial charge is 0.478 e. The number of carbonyl (C=O) groups is 3. The molecule has 4 heterocycles. The van der Waals surface area contributed by atoms with E-state index in [0.29, 0.717) is 41.2 Å². The van der Waals surface area contributed by atoms with Crippen molar-refractivity contribution in [3.63, 3.8) is 0 Å². The molecule has 4 N–H and O–H groups in total. The Bertz CT molecular complexity index is 2890. The molecule has 0 saturated heterocycles. The van der Waals surface area contributed by atoms with E-state index in [2.05, 4.69) is 25.5 Å². The zero-order chi connectivity index (χ0) is 48.3. The molecule has 0 aliphatic rings. The Hall–Kier alpha value is -7.17. The number of nitrogens with zero attached hydrogens (tertiary/aromatic N) is 7. The normalized spacial score (nSPS) is 11.6. The van der Waals surface area contributed by atoms with Gasteiger partial charge in [-0.2, -0.15) is 10.2 Å². The minimum Gasteiger partial charge on any atom is -0.478 e. The first-order chi connectivity index (χ1) is 30.4. The van der Waals surface area contributed by atoms with Crippen LogP contribution in [0.15, 0.2) is 130 Å². The molecule has 0 spiro atoms. The van der Waals surface area contributed by atoms with E-state index in [9.17, 15) is 45.1 Å². The van der Waals surface area contributed by atoms with Crippen LogP contribution in [0.3, 0.4) is 0 Å². The zero-order valence-corrected chi connectivity index (χ0v) is 37.5. The molecule has 0 fully saturated rings. The van der Waals surface area contributed by atoms with Gasteiger partial charge in [0.2, 0.25) is 19.7 Å². The van der Waals surface area contributed by atoms with Crippen molar-refractivity contribution in [1.82, 2.24) is 39.7 Å². The van der Waals surface area contributed by atoms with E-state index in [4.69, 9.17) is 10.2 Å². The number of aromatic nitrogens is 6. The van der Waals surface area contributed by atoms with Crippen molar-refractivity contribution < 1.29 is 55.3 Å². The summed E-state index contributed by atoms with van der Waals surface area (Å²) in [6, 6.07) is 16.9. The Morgan fingerprint density at radius 3 is 1.51 bits per heavy atom. The summed E-state index contributed by atoms with van der Waals surface area (Å²) < 4.78 is 82.9. The van der Waals surface area contributed by atoms with Crippen LogP contribution < -0.4 is 5.32 Å². The lowest BCUT2D eigenvalue weighted by atomic mass is 9.96. The Balaban J connectivity index is 0.000000249. The van der Waals surface area contributed by atoms with Gasteiger partial charge < -0.3 is 25.5 Å². The van der Waals surface area contributed by atoms with Gasteiger partial charge in [0, 0.05) is 62.2 Å². The van der Waals surface area contributed by atoms with Gasteiger partial charge in [-0.25, -0.2) is 49.4 Å². The van der Waals surface area contributed by atoms with E-state index in [0.717, 1.165) is 4.68 Å². The topological polar surface area (TPSA) is 257 Å². The van der Waals surface area contributed by atoms with E-state index < -0.39 is 49.3 Å². The maximum atomic E-state index is 14.0. The van der Waals surface area contributed by atoms with Gasteiger partial charge in [0.1, 0.15) is 11.6 Å². The number of carboxylic acid groups (broad SMARTS) is 3. The van der Waals surface area contributed by atoms with Gasteiger partial charge in [0.25, 0.3) is 0 Å². The van der Waals surface area contributed by atoms with Crippen LogP contribution in [0.4, 0.5) is 13.6 Å². The van der Waals surface area contributed by atoms with E-state index in [1.54, 1.807) is 33.0 Å². The number of pyridine rings is 2. The number of amides is 1. The van der Waals surface area contributed by atoms with Crippen LogP contribution in [-0.2, 0) is 42.4 Å². The monoisotopic (exact) mass is 936 g/mol. The third-order valence-corrected chi connectivity index (χ3v) is 12.1. The van der Waals surface area contributed by atoms with Crippen LogP contribution in [0.1, 0.15) is 43.3 Å². The fourth-order valence-electron chi connectivity index (χ4n) is 5.87. The lowest BCUT2D eigenvalue weighted by Gasteiger charge is -2.27. The number of rotatable bonds is 13. The quantitative estimate of drug-likeness (QED) is 0.0961. The molecule has 0 unspecified atom stereocenters.